The largest absolute Gasteiger partial charge is 0.482 e. The van der Waals surface area contributed by atoms with Crippen LogP contribution in [0.4, 0.5) is 15.8 Å². The van der Waals surface area contributed by atoms with E-state index in [1.165, 1.54) is 30.3 Å². The fraction of sp³-hybridized carbons (Fsp3) is 0.0500. The molecule has 0 radical (unpaired) electrons. The second-order valence-corrected chi connectivity index (χ2v) is 9.05. The molecule has 0 saturated carbocycles. The molecule has 0 aliphatic carbocycles. The fourth-order valence-corrected chi connectivity index (χ4v) is 4.02. The number of carbonyl (C=O) groups excluding carboxylic acids is 1. The molecule has 10 heteroatoms. The van der Waals surface area contributed by atoms with Crippen molar-refractivity contribution in [1.82, 2.24) is 0 Å². The van der Waals surface area contributed by atoms with Gasteiger partial charge in [-0.05, 0) is 66.7 Å². The van der Waals surface area contributed by atoms with E-state index in [0.717, 1.165) is 16.6 Å². The molecule has 0 saturated heterocycles. The summed E-state index contributed by atoms with van der Waals surface area (Å²) in [6, 6.07) is 15.8. The standard InChI is InChI=1S/C20H15BrClFN2O4S/c21-13-1-5-15(6-2-13)24-20(26)12-29-19-10-9-17(11-18(19)22)30(27,28)25-16-7-3-14(23)4-8-16/h1-11,25H,12H2,(H,24,26). The van der Waals surface area contributed by atoms with Crippen LogP contribution in [0, 0.1) is 5.82 Å². The molecule has 3 aromatic carbocycles. The lowest BCUT2D eigenvalue weighted by molar-refractivity contribution is -0.118. The van der Waals surface area contributed by atoms with Crippen molar-refractivity contribution >= 4 is 54.8 Å². The lowest BCUT2D eigenvalue weighted by atomic mass is 10.3. The third-order valence-corrected chi connectivity index (χ3v) is 6.00. The Balaban J connectivity index is 1.63. The summed E-state index contributed by atoms with van der Waals surface area (Å²) in [5.41, 5.74) is 0.809. The highest BCUT2D eigenvalue weighted by Gasteiger charge is 2.17. The van der Waals surface area contributed by atoms with Crippen LogP contribution >= 0.6 is 27.5 Å². The van der Waals surface area contributed by atoms with Gasteiger partial charge < -0.3 is 10.1 Å². The molecule has 2 N–H and O–H groups in total. The summed E-state index contributed by atoms with van der Waals surface area (Å²) in [4.78, 5) is 11.9. The zero-order valence-electron chi connectivity index (χ0n) is 15.2. The Morgan fingerprint density at radius 3 is 2.27 bits per heavy atom. The molecule has 0 fully saturated rings. The minimum atomic E-state index is -3.94. The number of rotatable bonds is 7. The summed E-state index contributed by atoms with van der Waals surface area (Å²) in [6.45, 7) is -0.310. The number of hydrogen-bond acceptors (Lipinski definition) is 4. The number of nitrogens with one attached hydrogen (secondary N) is 2. The smallest absolute Gasteiger partial charge is 0.262 e. The van der Waals surface area contributed by atoms with Gasteiger partial charge in [-0.3, -0.25) is 9.52 Å². The van der Waals surface area contributed by atoms with Crippen LogP contribution in [0.3, 0.4) is 0 Å². The SMILES string of the molecule is O=C(COc1ccc(S(=O)(=O)Nc2ccc(F)cc2)cc1Cl)Nc1ccc(Br)cc1. The number of sulfonamides is 1. The predicted molar refractivity (Wildman–Crippen MR) is 117 cm³/mol. The molecule has 3 rings (SSSR count). The van der Waals surface area contributed by atoms with Gasteiger partial charge in [0, 0.05) is 15.8 Å². The first-order valence-electron chi connectivity index (χ1n) is 8.49. The Bertz CT molecular complexity index is 1160. The van der Waals surface area contributed by atoms with Gasteiger partial charge in [-0.2, -0.15) is 0 Å². The van der Waals surface area contributed by atoms with Gasteiger partial charge in [0.15, 0.2) is 6.61 Å². The maximum atomic E-state index is 13.0. The molecular formula is C20H15BrClFN2O4S. The second kappa shape index (κ2) is 9.46. The van der Waals surface area contributed by atoms with Gasteiger partial charge in [0.2, 0.25) is 0 Å². The van der Waals surface area contributed by atoms with Crippen LogP contribution in [0.1, 0.15) is 0 Å². The molecule has 30 heavy (non-hydrogen) atoms. The normalized spacial score (nSPS) is 11.0. The minimum absolute atomic E-state index is 0.0217. The van der Waals surface area contributed by atoms with E-state index in [2.05, 4.69) is 26.0 Å². The van der Waals surface area contributed by atoms with Crippen molar-refractivity contribution in [2.24, 2.45) is 0 Å². The maximum absolute atomic E-state index is 13.0. The summed E-state index contributed by atoms with van der Waals surface area (Å²) in [7, 11) is -3.94. The summed E-state index contributed by atoms with van der Waals surface area (Å²) in [5.74, 6) is -0.724. The quantitative estimate of drug-likeness (QED) is 0.462. The summed E-state index contributed by atoms with van der Waals surface area (Å²) in [5, 5.41) is 2.69. The van der Waals surface area contributed by atoms with Crippen molar-refractivity contribution < 1.29 is 22.3 Å². The lowest BCUT2D eigenvalue weighted by Crippen LogP contribution is -2.20. The van der Waals surface area contributed by atoms with Gasteiger partial charge in [0.05, 0.1) is 9.92 Å². The molecule has 0 aliphatic rings. The molecule has 3 aromatic rings. The van der Waals surface area contributed by atoms with Crippen LogP contribution in [-0.4, -0.2) is 20.9 Å². The van der Waals surface area contributed by atoms with Crippen LogP contribution < -0.4 is 14.8 Å². The average Bonchev–Trinajstić information content (AvgIpc) is 2.70. The molecule has 6 nitrogen and oxygen atoms in total. The Hall–Kier alpha value is -2.62. The maximum Gasteiger partial charge on any atom is 0.262 e. The summed E-state index contributed by atoms with van der Waals surface area (Å²) < 4.78 is 46.5. The van der Waals surface area contributed by atoms with E-state index in [0.29, 0.717) is 5.69 Å². The van der Waals surface area contributed by atoms with Gasteiger partial charge in [-0.15, -0.1) is 0 Å². The third-order valence-electron chi connectivity index (χ3n) is 3.80. The topological polar surface area (TPSA) is 84.5 Å². The molecule has 0 atom stereocenters. The third kappa shape index (κ3) is 5.94. The van der Waals surface area contributed by atoms with Crippen LogP contribution in [0.15, 0.2) is 76.1 Å². The molecule has 0 heterocycles. The van der Waals surface area contributed by atoms with E-state index >= 15 is 0 Å². The van der Waals surface area contributed by atoms with Crippen molar-refractivity contribution in [2.75, 3.05) is 16.6 Å². The Morgan fingerprint density at radius 2 is 1.63 bits per heavy atom. The van der Waals surface area contributed by atoms with E-state index in [1.807, 2.05) is 0 Å². The zero-order chi connectivity index (χ0) is 21.7. The molecule has 0 unspecified atom stereocenters. The highest BCUT2D eigenvalue weighted by atomic mass is 79.9. The van der Waals surface area contributed by atoms with Gasteiger partial charge in [0.1, 0.15) is 11.6 Å². The van der Waals surface area contributed by atoms with Gasteiger partial charge >= 0.3 is 0 Å². The highest BCUT2D eigenvalue weighted by molar-refractivity contribution is 9.10. The number of amides is 1. The molecule has 0 spiro atoms. The number of hydrogen-bond donors (Lipinski definition) is 2. The Labute approximate surface area is 186 Å². The molecule has 0 aromatic heterocycles. The van der Waals surface area contributed by atoms with E-state index in [4.69, 9.17) is 16.3 Å². The number of anilines is 2. The number of halogens is 3. The fourth-order valence-electron chi connectivity index (χ4n) is 2.37. The van der Waals surface area contributed by atoms with E-state index in [-0.39, 0.29) is 28.0 Å². The van der Waals surface area contributed by atoms with Crippen LogP contribution in [-0.2, 0) is 14.8 Å². The first-order chi connectivity index (χ1) is 14.2. The highest BCUT2D eigenvalue weighted by Crippen LogP contribution is 2.28. The first kappa shape index (κ1) is 22.1. The lowest BCUT2D eigenvalue weighted by Gasteiger charge is -2.11. The van der Waals surface area contributed by atoms with E-state index < -0.39 is 21.7 Å². The van der Waals surface area contributed by atoms with Gasteiger partial charge in [-0.25, -0.2) is 12.8 Å². The summed E-state index contributed by atoms with van der Waals surface area (Å²) >= 11 is 9.42. The van der Waals surface area contributed by atoms with Gasteiger partial charge in [-0.1, -0.05) is 27.5 Å². The van der Waals surface area contributed by atoms with E-state index in [9.17, 15) is 17.6 Å². The predicted octanol–water partition coefficient (Wildman–Crippen LogP) is 5.06. The van der Waals surface area contributed by atoms with Crippen LogP contribution in [0.25, 0.3) is 0 Å². The molecule has 156 valence electrons. The second-order valence-electron chi connectivity index (χ2n) is 6.05. The minimum Gasteiger partial charge on any atom is -0.482 e. The number of benzene rings is 3. The average molecular weight is 514 g/mol. The first-order valence-corrected chi connectivity index (χ1v) is 11.1. The number of carbonyl (C=O) groups is 1. The van der Waals surface area contributed by atoms with Crippen molar-refractivity contribution in [2.45, 2.75) is 4.90 Å². The molecule has 0 aliphatic heterocycles. The molecule has 0 bridgehead atoms. The number of ether oxygens (including phenoxy) is 1. The van der Waals surface area contributed by atoms with Crippen molar-refractivity contribution in [3.05, 3.63) is 82.0 Å². The van der Waals surface area contributed by atoms with E-state index in [1.54, 1.807) is 24.3 Å². The van der Waals surface area contributed by atoms with Crippen molar-refractivity contribution in [3.8, 4) is 5.75 Å². The van der Waals surface area contributed by atoms with Gasteiger partial charge in [0.25, 0.3) is 15.9 Å². The van der Waals surface area contributed by atoms with Crippen molar-refractivity contribution in [3.63, 3.8) is 0 Å². The Kier molecular flexibility index (Phi) is 6.96. The molecular weight excluding hydrogens is 499 g/mol. The van der Waals surface area contributed by atoms with Crippen molar-refractivity contribution in [1.29, 1.82) is 0 Å². The summed E-state index contributed by atoms with van der Waals surface area (Å²) in [6.07, 6.45) is 0. The zero-order valence-corrected chi connectivity index (χ0v) is 18.4. The monoisotopic (exact) mass is 512 g/mol. The molecule has 1 amide bonds. The van der Waals surface area contributed by atoms with Crippen LogP contribution in [0.5, 0.6) is 5.75 Å². The Morgan fingerprint density at radius 1 is 1.00 bits per heavy atom. The van der Waals surface area contributed by atoms with Crippen LogP contribution in [0.2, 0.25) is 5.02 Å².